The molecule has 2 aromatic rings. The third-order valence-corrected chi connectivity index (χ3v) is 8.83. The number of sulfonamides is 1. The van der Waals surface area contributed by atoms with Crippen molar-refractivity contribution >= 4 is 27.5 Å². The van der Waals surface area contributed by atoms with Crippen molar-refractivity contribution in [2.24, 2.45) is 5.92 Å². The Bertz CT molecular complexity index is 1290. The molecule has 0 aromatic heterocycles. The zero-order valence-corrected chi connectivity index (χ0v) is 26.1. The number of rotatable bonds is 8. The number of aliphatic hydroxyl groups excluding tert-OH is 1. The first kappa shape index (κ1) is 33.5. The van der Waals surface area contributed by atoms with Crippen LogP contribution in [0.2, 0.25) is 0 Å². The number of hydrogen-bond donors (Lipinski definition) is 2. The summed E-state index contributed by atoms with van der Waals surface area (Å²) in [7, 11) is -1.92. The Morgan fingerprint density at radius 1 is 1.17 bits per heavy atom. The molecule has 2 amide bonds. The van der Waals surface area contributed by atoms with Crippen LogP contribution in [-0.4, -0.2) is 92.4 Å². The summed E-state index contributed by atoms with van der Waals surface area (Å²) >= 11 is 0. The highest BCUT2D eigenvalue weighted by molar-refractivity contribution is 7.88. The van der Waals surface area contributed by atoms with Crippen LogP contribution in [0.4, 0.5) is 5.69 Å². The molecule has 0 spiro atoms. The molecule has 4 atom stereocenters. The van der Waals surface area contributed by atoms with Crippen LogP contribution in [0.15, 0.2) is 48.5 Å². The van der Waals surface area contributed by atoms with Crippen LogP contribution < -0.4 is 10.1 Å². The normalized spacial score (nSPS) is 21.6. The fraction of sp³-hybridized carbons (Fsp3) is 0.548. The minimum absolute atomic E-state index is 0.142. The van der Waals surface area contributed by atoms with Gasteiger partial charge in [0.15, 0.2) is 0 Å². The molecule has 0 fully saturated rings. The molecule has 0 bridgehead atoms. The molecule has 0 radical (unpaired) electrons. The second-order valence-electron chi connectivity index (χ2n) is 11.3. The van der Waals surface area contributed by atoms with E-state index in [-0.39, 0.29) is 55.5 Å². The number of likely N-dealkylation sites (N-methyl/N-ethyl adjacent to an activating group) is 1. The molecule has 2 aromatic carbocycles. The lowest BCUT2D eigenvalue weighted by molar-refractivity contribution is -0.115. The maximum atomic E-state index is 14.2. The Morgan fingerprint density at radius 2 is 1.88 bits per heavy atom. The van der Waals surface area contributed by atoms with Gasteiger partial charge in [0, 0.05) is 38.3 Å². The molecule has 0 saturated carbocycles. The van der Waals surface area contributed by atoms with Gasteiger partial charge in [-0.15, -0.1) is 0 Å². The topological polar surface area (TPSA) is 125 Å². The van der Waals surface area contributed by atoms with Gasteiger partial charge in [-0.2, -0.15) is 0 Å². The van der Waals surface area contributed by atoms with Crippen molar-refractivity contribution in [3.63, 3.8) is 0 Å². The summed E-state index contributed by atoms with van der Waals surface area (Å²) in [4.78, 5) is 28.5. The van der Waals surface area contributed by atoms with Crippen molar-refractivity contribution in [1.82, 2.24) is 9.21 Å². The molecule has 0 unspecified atom stereocenters. The number of nitrogens with one attached hydrogen (secondary N) is 1. The van der Waals surface area contributed by atoms with Crippen LogP contribution in [-0.2, 0) is 26.0 Å². The van der Waals surface area contributed by atoms with E-state index in [0.717, 1.165) is 31.1 Å². The number of carbonyl (C=O) groups is 2. The Morgan fingerprint density at radius 3 is 2.55 bits per heavy atom. The first-order chi connectivity index (χ1) is 19.9. The van der Waals surface area contributed by atoms with E-state index in [0.29, 0.717) is 18.0 Å². The molecule has 42 heavy (non-hydrogen) atoms. The molecule has 2 N–H and O–H groups in total. The van der Waals surface area contributed by atoms with Crippen molar-refractivity contribution in [1.29, 1.82) is 0 Å². The highest BCUT2D eigenvalue weighted by Crippen LogP contribution is 2.28. The molecule has 0 saturated heterocycles. The SMILES string of the molecule is C[C@H](CO)N1C[C@H](C)[C@H](CN(C)S(C)(=O)=O)OCCCC[C@H](C)Oc2ccc(NC(=O)Cc3ccccc3)cc2C1=O. The van der Waals surface area contributed by atoms with Gasteiger partial charge in [0.1, 0.15) is 5.75 Å². The fourth-order valence-corrected chi connectivity index (χ4v) is 5.26. The van der Waals surface area contributed by atoms with Crippen LogP contribution in [0.25, 0.3) is 0 Å². The predicted molar refractivity (Wildman–Crippen MR) is 163 cm³/mol. The van der Waals surface area contributed by atoms with E-state index in [1.807, 2.05) is 44.2 Å². The van der Waals surface area contributed by atoms with Crippen molar-refractivity contribution in [2.75, 3.05) is 44.9 Å². The molecule has 232 valence electrons. The fourth-order valence-electron chi connectivity index (χ4n) is 4.84. The number of aliphatic hydroxyl groups is 1. The van der Waals surface area contributed by atoms with Gasteiger partial charge >= 0.3 is 0 Å². The molecule has 1 aliphatic rings. The number of amides is 2. The monoisotopic (exact) mass is 603 g/mol. The molecule has 0 aliphatic carbocycles. The number of anilines is 1. The number of nitrogens with zero attached hydrogens (tertiary/aromatic N) is 2. The lowest BCUT2D eigenvalue weighted by atomic mass is 10.0. The van der Waals surface area contributed by atoms with Crippen molar-refractivity contribution in [2.45, 2.75) is 64.7 Å². The summed E-state index contributed by atoms with van der Waals surface area (Å²) < 4.78 is 38.0. The molecule has 3 rings (SSSR count). The second kappa shape index (κ2) is 15.5. The van der Waals surface area contributed by atoms with Gasteiger partial charge in [0.2, 0.25) is 15.9 Å². The summed E-state index contributed by atoms with van der Waals surface area (Å²) in [6.07, 6.45) is 3.02. The standard InChI is InChI=1S/C31H45N3O7S/c1-22-19-34(23(2)21-35)31(37)27-18-26(32-30(36)17-25-12-7-6-8-13-25)14-15-28(27)41-24(3)11-9-10-16-40-29(22)20-33(4)42(5,38)39/h6-8,12-15,18,22-24,29,35H,9-11,16-17,19-21H2,1-5H3,(H,32,36)/t22-,23+,24-,29-/m0/s1. The van der Waals surface area contributed by atoms with E-state index >= 15 is 0 Å². The number of benzene rings is 2. The van der Waals surface area contributed by atoms with Crippen LogP contribution in [0.1, 0.15) is 56.0 Å². The van der Waals surface area contributed by atoms with E-state index < -0.39 is 22.2 Å². The predicted octanol–water partition coefficient (Wildman–Crippen LogP) is 3.55. The van der Waals surface area contributed by atoms with E-state index in [9.17, 15) is 23.1 Å². The van der Waals surface area contributed by atoms with Gasteiger partial charge in [0.05, 0.1) is 43.1 Å². The maximum Gasteiger partial charge on any atom is 0.258 e. The minimum Gasteiger partial charge on any atom is -0.490 e. The quantitative estimate of drug-likeness (QED) is 0.473. The Hall–Kier alpha value is -2.99. The van der Waals surface area contributed by atoms with Crippen LogP contribution in [0.5, 0.6) is 5.75 Å². The average molecular weight is 604 g/mol. The smallest absolute Gasteiger partial charge is 0.258 e. The molecule has 10 nitrogen and oxygen atoms in total. The number of fused-ring (bicyclic) bond motifs is 1. The van der Waals surface area contributed by atoms with E-state index in [1.165, 1.54) is 11.4 Å². The van der Waals surface area contributed by atoms with E-state index in [2.05, 4.69) is 5.32 Å². The van der Waals surface area contributed by atoms with Crippen LogP contribution in [0.3, 0.4) is 0 Å². The number of hydrogen-bond acceptors (Lipinski definition) is 7. The highest BCUT2D eigenvalue weighted by atomic mass is 32.2. The Labute approximate surface area is 250 Å². The van der Waals surface area contributed by atoms with Gasteiger partial charge in [0.25, 0.3) is 5.91 Å². The summed E-state index contributed by atoms with van der Waals surface area (Å²) in [6, 6.07) is 13.9. The largest absolute Gasteiger partial charge is 0.490 e. The third kappa shape index (κ3) is 9.79. The van der Waals surface area contributed by atoms with Crippen molar-refractivity contribution < 1.29 is 32.6 Å². The second-order valence-corrected chi connectivity index (χ2v) is 13.4. The molecule has 1 heterocycles. The molecular weight excluding hydrogens is 558 g/mol. The molecule has 1 aliphatic heterocycles. The van der Waals surface area contributed by atoms with Crippen LogP contribution >= 0.6 is 0 Å². The lowest BCUT2D eigenvalue weighted by Gasteiger charge is -2.35. The molecular formula is C31H45N3O7S. The lowest BCUT2D eigenvalue weighted by Crippen LogP contribution is -2.47. The number of ether oxygens (including phenoxy) is 2. The molecule has 11 heteroatoms. The zero-order valence-electron chi connectivity index (χ0n) is 25.3. The Balaban J connectivity index is 1.95. The summed E-state index contributed by atoms with van der Waals surface area (Å²) in [5.41, 5.74) is 1.60. The minimum atomic E-state index is -3.43. The summed E-state index contributed by atoms with van der Waals surface area (Å²) in [6.45, 7) is 6.14. The van der Waals surface area contributed by atoms with Gasteiger partial charge in [-0.3, -0.25) is 9.59 Å². The van der Waals surface area contributed by atoms with Crippen molar-refractivity contribution in [3.8, 4) is 5.75 Å². The number of carbonyl (C=O) groups excluding carboxylic acids is 2. The first-order valence-corrected chi connectivity index (χ1v) is 16.3. The van der Waals surface area contributed by atoms with Crippen LogP contribution in [0, 0.1) is 5.92 Å². The summed E-state index contributed by atoms with van der Waals surface area (Å²) in [5.74, 6) is -0.435. The van der Waals surface area contributed by atoms with Gasteiger partial charge in [-0.25, -0.2) is 12.7 Å². The van der Waals surface area contributed by atoms with Gasteiger partial charge < -0.3 is 24.8 Å². The third-order valence-electron chi connectivity index (χ3n) is 7.55. The van der Waals surface area contributed by atoms with E-state index in [1.54, 1.807) is 30.0 Å². The first-order valence-electron chi connectivity index (χ1n) is 14.5. The average Bonchev–Trinajstić information content (AvgIpc) is 2.94. The Kier molecular flexibility index (Phi) is 12.3. The van der Waals surface area contributed by atoms with E-state index in [4.69, 9.17) is 9.47 Å². The van der Waals surface area contributed by atoms with Gasteiger partial charge in [-0.1, -0.05) is 37.3 Å². The zero-order chi connectivity index (χ0) is 30.9. The maximum absolute atomic E-state index is 14.2. The highest BCUT2D eigenvalue weighted by Gasteiger charge is 2.31. The van der Waals surface area contributed by atoms with Crippen molar-refractivity contribution in [3.05, 3.63) is 59.7 Å². The summed E-state index contributed by atoms with van der Waals surface area (Å²) in [5, 5.41) is 13.0. The van der Waals surface area contributed by atoms with Gasteiger partial charge in [-0.05, 0) is 56.9 Å².